The Labute approximate surface area is 170 Å². The van der Waals surface area contributed by atoms with Crippen LogP contribution in [0, 0.1) is 12.3 Å². The third kappa shape index (κ3) is 6.77. The lowest BCUT2D eigenvalue weighted by atomic mass is 10.2. The molecule has 0 heterocycles. The number of halogens is 2. The minimum absolute atomic E-state index is 0.108. The molecule has 0 saturated carbocycles. The monoisotopic (exact) mass is 447 g/mol. The fourth-order valence-electron chi connectivity index (χ4n) is 1.99. The van der Waals surface area contributed by atoms with Gasteiger partial charge in [0.05, 0.1) is 16.9 Å². The number of para-hydroxylation sites is 1. The van der Waals surface area contributed by atoms with Gasteiger partial charge in [0.1, 0.15) is 18.8 Å². The van der Waals surface area contributed by atoms with Gasteiger partial charge in [0, 0.05) is 10.0 Å². The molecule has 0 unspecified atom stereocenters. The Hall–Kier alpha value is -2.82. The maximum atomic E-state index is 11.9. The van der Waals surface area contributed by atoms with Crippen molar-refractivity contribution in [2.75, 3.05) is 11.9 Å². The molecule has 0 radical (unpaired) electrons. The van der Waals surface area contributed by atoms with Gasteiger partial charge in [-0.2, -0.15) is 5.10 Å². The fraction of sp³-hybridized carbons (Fsp3) is 0.105. The average molecular weight is 449 g/mol. The molecular formula is C19H15BrClN3O3. The molecule has 0 saturated heterocycles. The van der Waals surface area contributed by atoms with Crippen molar-refractivity contribution in [3.05, 3.63) is 57.5 Å². The van der Waals surface area contributed by atoms with E-state index in [-0.39, 0.29) is 6.61 Å². The molecule has 2 N–H and O–H groups in total. The zero-order valence-electron chi connectivity index (χ0n) is 14.0. The molecule has 0 aromatic heterocycles. The van der Waals surface area contributed by atoms with Crippen molar-refractivity contribution in [3.8, 4) is 18.1 Å². The second-order valence-corrected chi connectivity index (χ2v) is 6.50. The maximum absolute atomic E-state index is 11.9. The number of anilines is 1. The molecule has 0 aliphatic carbocycles. The van der Waals surface area contributed by atoms with E-state index in [1.54, 1.807) is 42.5 Å². The summed E-state index contributed by atoms with van der Waals surface area (Å²) in [5.74, 6) is 1.82. The number of ether oxygens (including phenoxy) is 1. The Kier molecular flexibility index (Phi) is 7.86. The smallest absolute Gasteiger partial charge is 0.249 e. The lowest BCUT2D eigenvalue weighted by Gasteiger charge is -2.07. The summed E-state index contributed by atoms with van der Waals surface area (Å²) >= 11 is 9.30. The van der Waals surface area contributed by atoms with Gasteiger partial charge in [-0.05, 0) is 30.3 Å². The molecule has 2 aromatic carbocycles. The van der Waals surface area contributed by atoms with Gasteiger partial charge in [0.2, 0.25) is 11.8 Å². The first-order valence-corrected chi connectivity index (χ1v) is 8.89. The van der Waals surface area contributed by atoms with Gasteiger partial charge in [-0.1, -0.05) is 45.6 Å². The first-order valence-electron chi connectivity index (χ1n) is 7.71. The van der Waals surface area contributed by atoms with Crippen LogP contribution in [0.2, 0.25) is 5.02 Å². The SMILES string of the molecule is C#CCOc1ccc(Br)cc1C=NNC(=O)CC(=O)Nc1ccccc1Cl. The van der Waals surface area contributed by atoms with Crippen LogP contribution in [0.1, 0.15) is 12.0 Å². The van der Waals surface area contributed by atoms with E-state index >= 15 is 0 Å². The minimum atomic E-state index is -0.572. The van der Waals surface area contributed by atoms with Crippen LogP contribution in [-0.2, 0) is 9.59 Å². The van der Waals surface area contributed by atoms with Crippen LogP contribution in [0.4, 0.5) is 5.69 Å². The number of rotatable bonds is 7. The van der Waals surface area contributed by atoms with Crippen molar-refractivity contribution >= 4 is 51.2 Å². The lowest BCUT2D eigenvalue weighted by Crippen LogP contribution is -2.24. The summed E-state index contributed by atoms with van der Waals surface area (Å²) in [6.07, 6.45) is 6.19. The summed E-state index contributed by atoms with van der Waals surface area (Å²) in [5.41, 5.74) is 3.34. The Morgan fingerprint density at radius 2 is 2.04 bits per heavy atom. The van der Waals surface area contributed by atoms with Crippen LogP contribution in [-0.4, -0.2) is 24.6 Å². The quantitative estimate of drug-likeness (QED) is 0.294. The van der Waals surface area contributed by atoms with Gasteiger partial charge in [-0.15, -0.1) is 6.42 Å². The van der Waals surface area contributed by atoms with E-state index in [1.807, 2.05) is 0 Å². The van der Waals surface area contributed by atoms with Crippen molar-refractivity contribution in [2.45, 2.75) is 6.42 Å². The molecule has 8 heteroatoms. The third-order valence-electron chi connectivity index (χ3n) is 3.14. The topological polar surface area (TPSA) is 79.8 Å². The molecular weight excluding hydrogens is 434 g/mol. The van der Waals surface area contributed by atoms with Crippen LogP contribution in [0.25, 0.3) is 0 Å². The van der Waals surface area contributed by atoms with E-state index in [2.05, 4.69) is 37.7 Å². The van der Waals surface area contributed by atoms with Crippen LogP contribution in [0.15, 0.2) is 52.0 Å². The maximum Gasteiger partial charge on any atom is 0.249 e. The van der Waals surface area contributed by atoms with Gasteiger partial charge in [-0.25, -0.2) is 5.43 Å². The summed E-state index contributed by atoms with van der Waals surface area (Å²) in [6.45, 7) is 0.108. The molecule has 27 heavy (non-hydrogen) atoms. The third-order valence-corrected chi connectivity index (χ3v) is 3.97. The number of carbonyl (C=O) groups excluding carboxylic acids is 2. The predicted molar refractivity (Wildman–Crippen MR) is 109 cm³/mol. The first-order chi connectivity index (χ1) is 13.0. The van der Waals surface area contributed by atoms with Crippen LogP contribution < -0.4 is 15.5 Å². The Balaban J connectivity index is 1.91. The van der Waals surface area contributed by atoms with Gasteiger partial charge in [0.25, 0.3) is 0 Å². The standard InChI is InChI=1S/C19H15BrClN3O3/c1-2-9-27-17-8-7-14(20)10-13(17)12-22-24-19(26)11-18(25)23-16-6-4-3-5-15(16)21/h1,3-8,10,12H,9,11H2,(H,23,25)(H,24,26). The number of hydrogen-bond donors (Lipinski definition) is 2. The number of terminal acetylenes is 1. The molecule has 2 rings (SSSR count). The predicted octanol–water partition coefficient (Wildman–Crippen LogP) is 3.59. The number of hydrazone groups is 1. The Morgan fingerprint density at radius 3 is 2.78 bits per heavy atom. The highest BCUT2D eigenvalue weighted by atomic mass is 79.9. The summed E-state index contributed by atoms with van der Waals surface area (Å²) in [5, 5.41) is 6.79. The summed E-state index contributed by atoms with van der Waals surface area (Å²) in [4.78, 5) is 23.8. The van der Waals surface area contributed by atoms with Crippen LogP contribution in [0.3, 0.4) is 0 Å². The lowest BCUT2D eigenvalue weighted by molar-refractivity contribution is -0.126. The van der Waals surface area contributed by atoms with E-state index < -0.39 is 18.2 Å². The summed E-state index contributed by atoms with van der Waals surface area (Å²) < 4.78 is 6.21. The molecule has 138 valence electrons. The van der Waals surface area contributed by atoms with Gasteiger partial charge >= 0.3 is 0 Å². The normalized spacial score (nSPS) is 10.3. The highest BCUT2D eigenvalue weighted by Gasteiger charge is 2.10. The second-order valence-electron chi connectivity index (χ2n) is 5.17. The van der Waals surface area contributed by atoms with Gasteiger partial charge in [0.15, 0.2) is 0 Å². The molecule has 2 aromatic rings. The van der Waals surface area contributed by atoms with Crippen molar-refractivity contribution in [1.29, 1.82) is 0 Å². The zero-order chi connectivity index (χ0) is 19.6. The number of hydrogen-bond acceptors (Lipinski definition) is 4. The number of nitrogens with zero attached hydrogens (tertiary/aromatic N) is 1. The molecule has 0 spiro atoms. The van der Waals surface area contributed by atoms with E-state index in [4.69, 9.17) is 22.8 Å². The van der Waals surface area contributed by atoms with Gasteiger partial charge in [-0.3, -0.25) is 9.59 Å². The number of amides is 2. The van der Waals surface area contributed by atoms with E-state index in [0.717, 1.165) is 4.47 Å². The molecule has 0 aliphatic heterocycles. The minimum Gasteiger partial charge on any atom is -0.480 e. The van der Waals surface area contributed by atoms with Crippen LogP contribution >= 0.6 is 27.5 Å². The molecule has 2 amide bonds. The molecule has 0 aliphatic rings. The second kappa shape index (κ2) is 10.4. The molecule has 6 nitrogen and oxygen atoms in total. The Morgan fingerprint density at radius 1 is 1.26 bits per heavy atom. The van der Waals surface area contributed by atoms with Crippen molar-refractivity contribution < 1.29 is 14.3 Å². The van der Waals surface area contributed by atoms with Crippen molar-refractivity contribution in [1.82, 2.24) is 5.43 Å². The fourth-order valence-corrected chi connectivity index (χ4v) is 2.55. The van der Waals surface area contributed by atoms with E-state index in [0.29, 0.717) is 22.0 Å². The van der Waals surface area contributed by atoms with Gasteiger partial charge < -0.3 is 10.1 Å². The van der Waals surface area contributed by atoms with E-state index in [9.17, 15) is 9.59 Å². The average Bonchev–Trinajstić information content (AvgIpc) is 2.63. The number of carbonyl (C=O) groups is 2. The number of nitrogens with one attached hydrogen (secondary N) is 2. The highest BCUT2D eigenvalue weighted by molar-refractivity contribution is 9.10. The Bertz CT molecular complexity index is 909. The summed E-state index contributed by atoms with van der Waals surface area (Å²) in [6, 6.07) is 12.0. The first kappa shape index (κ1) is 20.5. The molecule has 0 atom stereocenters. The van der Waals surface area contributed by atoms with Crippen LogP contribution in [0.5, 0.6) is 5.75 Å². The molecule has 0 bridgehead atoms. The highest BCUT2D eigenvalue weighted by Crippen LogP contribution is 2.22. The number of benzene rings is 2. The zero-order valence-corrected chi connectivity index (χ0v) is 16.4. The molecule has 0 fully saturated rings. The van der Waals surface area contributed by atoms with Crippen molar-refractivity contribution in [3.63, 3.8) is 0 Å². The summed E-state index contributed by atoms with van der Waals surface area (Å²) in [7, 11) is 0. The van der Waals surface area contributed by atoms with Crippen molar-refractivity contribution in [2.24, 2.45) is 5.10 Å². The largest absolute Gasteiger partial charge is 0.480 e. The van der Waals surface area contributed by atoms with E-state index in [1.165, 1.54) is 6.21 Å².